The number of hydrogen-bond donors (Lipinski definition) is 2. The van der Waals surface area contributed by atoms with Crippen LogP contribution in [0.1, 0.15) is 46.5 Å². The Kier molecular flexibility index (Phi) is 7.19. The lowest BCUT2D eigenvalue weighted by molar-refractivity contribution is 0.457. The maximum Gasteiger partial charge on any atom is 0.212 e. The van der Waals surface area contributed by atoms with Crippen molar-refractivity contribution < 1.29 is 8.42 Å². The van der Waals surface area contributed by atoms with Crippen molar-refractivity contribution in [3.05, 3.63) is 0 Å². The molecule has 0 rings (SSSR count). The van der Waals surface area contributed by atoms with E-state index in [4.69, 9.17) is 5.73 Å². The maximum atomic E-state index is 11.6. The fraction of sp³-hybridized carbons (Fsp3) is 1.00. The average molecular weight is 250 g/mol. The van der Waals surface area contributed by atoms with Gasteiger partial charge >= 0.3 is 0 Å². The lowest BCUT2D eigenvalue weighted by atomic mass is 10.0. The molecular weight excluding hydrogens is 224 g/mol. The predicted octanol–water partition coefficient (Wildman–Crippen LogP) is 1.47. The number of nitrogens with two attached hydrogens (primary N) is 1. The molecule has 0 atom stereocenters. The SMILES string of the molecule is CC(C)(C)CS(=O)(=O)NCCCCCCN. The average Bonchev–Trinajstić information content (AvgIpc) is 2.06. The molecule has 5 heteroatoms. The van der Waals surface area contributed by atoms with E-state index in [2.05, 4.69) is 4.72 Å². The third-order valence-electron chi connectivity index (χ3n) is 2.08. The van der Waals surface area contributed by atoms with Gasteiger partial charge in [0.15, 0.2) is 0 Å². The molecular formula is C11H26N2O2S. The van der Waals surface area contributed by atoms with Crippen LogP contribution in [0.25, 0.3) is 0 Å². The van der Waals surface area contributed by atoms with Crippen LogP contribution in [0, 0.1) is 5.41 Å². The fourth-order valence-electron chi connectivity index (χ4n) is 1.47. The van der Waals surface area contributed by atoms with Crippen molar-refractivity contribution in [3.63, 3.8) is 0 Å². The summed E-state index contributed by atoms with van der Waals surface area (Å²) in [6.45, 7) is 7.03. The minimum Gasteiger partial charge on any atom is -0.330 e. The molecule has 0 aliphatic carbocycles. The molecule has 3 N–H and O–H groups in total. The molecule has 98 valence electrons. The van der Waals surface area contributed by atoms with Crippen LogP contribution < -0.4 is 10.5 Å². The normalized spacial score (nSPS) is 13.0. The highest BCUT2D eigenvalue weighted by Crippen LogP contribution is 2.15. The summed E-state index contributed by atoms with van der Waals surface area (Å²) in [5, 5.41) is 0. The highest BCUT2D eigenvalue weighted by Gasteiger charge is 2.20. The van der Waals surface area contributed by atoms with E-state index >= 15 is 0 Å². The molecule has 0 saturated heterocycles. The second kappa shape index (κ2) is 7.25. The molecule has 0 aliphatic heterocycles. The Balaban J connectivity index is 3.68. The summed E-state index contributed by atoms with van der Waals surface area (Å²) in [7, 11) is -3.11. The summed E-state index contributed by atoms with van der Waals surface area (Å²) in [4.78, 5) is 0. The summed E-state index contributed by atoms with van der Waals surface area (Å²) in [5.41, 5.74) is 5.18. The molecule has 4 nitrogen and oxygen atoms in total. The molecule has 0 bridgehead atoms. The van der Waals surface area contributed by atoms with E-state index in [0.717, 1.165) is 32.2 Å². The van der Waals surface area contributed by atoms with Crippen molar-refractivity contribution >= 4 is 10.0 Å². The largest absolute Gasteiger partial charge is 0.330 e. The lowest BCUT2D eigenvalue weighted by Crippen LogP contribution is -2.32. The topological polar surface area (TPSA) is 72.2 Å². The third-order valence-corrected chi connectivity index (χ3v) is 3.97. The second-order valence-electron chi connectivity index (χ2n) is 5.42. The first-order valence-corrected chi connectivity index (χ1v) is 7.59. The zero-order valence-corrected chi connectivity index (χ0v) is 11.6. The first kappa shape index (κ1) is 15.9. The van der Waals surface area contributed by atoms with Crippen LogP contribution in [-0.4, -0.2) is 27.3 Å². The monoisotopic (exact) mass is 250 g/mol. The Bertz CT molecular complexity index is 268. The van der Waals surface area contributed by atoms with E-state index in [1.807, 2.05) is 20.8 Å². The molecule has 0 radical (unpaired) electrons. The Hall–Kier alpha value is -0.130. The van der Waals surface area contributed by atoms with Crippen LogP contribution in [0.4, 0.5) is 0 Å². The second-order valence-corrected chi connectivity index (χ2v) is 7.22. The van der Waals surface area contributed by atoms with Crippen molar-refractivity contribution in [1.29, 1.82) is 0 Å². The van der Waals surface area contributed by atoms with Gasteiger partial charge < -0.3 is 5.73 Å². The zero-order valence-electron chi connectivity index (χ0n) is 10.8. The smallest absolute Gasteiger partial charge is 0.212 e. The summed E-state index contributed by atoms with van der Waals surface area (Å²) < 4.78 is 25.8. The number of nitrogens with one attached hydrogen (secondary N) is 1. The Morgan fingerprint density at radius 2 is 1.62 bits per heavy atom. The van der Waals surface area contributed by atoms with Crippen molar-refractivity contribution in [2.45, 2.75) is 46.5 Å². The van der Waals surface area contributed by atoms with Gasteiger partial charge in [-0.2, -0.15) is 0 Å². The molecule has 0 unspecified atom stereocenters. The standard InChI is InChI=1S/C11H26N2O2S/c1-11(2,3)10-16(14,15)13-9-7-5-4-6-8-12/h13H,4-10,12H2,1-3H3. The van der Waals surface area contributed by atoms with E-state index in [1.54, 1.807) is 0 Å². The maximum absolute atomic E-state index is 11.6. The summed E-state index contributed by atoms with van der Waals surface area (Å²) in [6, 6.07) is 0. The Morgan fingerprint density at radius 1 is 1.06 bits per heavy atom. The molecule has 0 heterocycles. The summed E-state index contributed by atoms with van der Waals surface area (Å²) in [5.74, 6) is 0.183. The van der Waals surface area contributed by atoms with Gasteiger partial charge in [-0.1, -0.05) is 33.6 Å². The van der Waals surface area contributed by atoms with Crippen molar-refractivity contribution in [3.8, 4) is 0 Å². The van der Waals surface area contributed by atoms with E-state index in [9.17, 15) is 8.42 Å². The highest BCUT2D eigenvalue weighted by molar-refractivity contribution is 7.89. The molecule has 0 aromatic rings. The van der Waals surface area contributed by atoms with Crippen LogP contribution in [0.3, 0.4) is 0 Å². The minimum absolute atomic E-state index is 0.183. The number of rotatable bonds is 8. The van der Waals surface area contributed by atoms with Crippen LogP contribution in [-0.2, 0) is 10.0 Å². The van der Waals surface area contributed by atoms with Crippen LogP contribution >= 0.6 is 0 Å². The highest BCUT2D eigenvalue weighted by atomic mass is 32.2. The lowest BCUT2D eigenvalue weighted by Gasteiger charge is -2.18. The Morgan fingerprint density at radius 3 is 2.12 bits per heavy atom. The van der Waals surface area contributed by atoms with Gasteiger partial charge in [0, 0.05) is 6.54 Å². The Labute approximate surface area is 100 Å². The van der Waals surface area contributed by atoms with Gasteiger partial charge in [0.2, 0.25) is 10.0 Å². The van der Waals surface area contributed by atoms with E-state index < -0.39 is 10.0 Å². The van der Waals surface area contributed by atoms with Gasteiger partial charge in [0.1, 0.15) is 0 Å². The van der Waals surface area contributed by atoms with Gasteiger partial charge in [-0.15, -0.1) is 0 Å². The van der Waals surface area contributed by atoms with Crippen LogP contribution in [0.15, 0.2) is 0 Å². The molecule has 0 aliphatic rings. The van der Waals surface area contributed by atoms with E-state index in [0.29, 0.717) is 6.54 Å². The molecule has 0 saturated carbocycles. The fourth-order valence-corrected chi connectivity index (χ4v) is 3.17. The summed E-state index contributed by atoms with van der Waals surface area (Å²) in [6.07, 6.45) is 4.03. The molecule has 0 aromatic heterocycles. The predicted molar refractivity (Wildman–Crippen MR) is 68.8 cm³/mol. The van der Waals surface area contributed by atoms with Crippen LogP contribution in [0.5, 0.6) is 0 Å². The third kappa shape index (κ3) is 10.4. The van der Waals surface area contributed by atoms with Gasteiger partial charge in [-0.05, 0) is 24.8 Å². The van der Waals surface area contributed by atoms with Crippen LogP contribution in [0.2, 0.25) is 0 Å². The quantitative estimate of drug-likeness (QED) is 0.641. The first-order chi connectivity index (χ1) is 7.27. The molecule has 16 heavy (non-hydrogen) atoms. The van der Waals surface area contributed by atoms with Crippen molar-refractivity contribution in [2.24, 2.45) is 11.1 Å². The molecule has 0 spiro atoms. The van der Waals surface area contributed by atoms with Crippen molar-refractivity contribution in [2.75, 3.05) is 18.8 Å². The molecule has 0 amide bonds. The zero-order chi connectivity index (χ0) is 12.7. The van der Waals surface area contributed by atoms with Gasteiger partial charge in [0.25, 0.3) is 0 Å². The van der Waals surface area contributed by atoms with E-state index in [-0.39, 0.29) is 11.2 Å². The van der Waals surface area contributed by atoms with E-state index in [1.165, 1.54) is 0 Å². The van der Waals surface area contributed by atoms with Gasteiger partial charge in [-0.25, -0.2) is 13.1 Å². The number of hydrogen-bond acceptors (Lipinski definition) is 3. The molecule has 0 aromatic carbocycles. The van der Waals surface area contributed by atoms with Gasteiger partial charge in [0.05, 0.1) is 5.75 Å². The van der Waals surface area contributed by atoms with Crippen molar-refractivity contribution in [1.82, 2.24) is 4.72 Å². The minimum atomic E-state index is -3.11. The first-order valence-electron chi connectivity index (χ1n) is 5.94. The summed E-state index contributed by atoms with van der Waals surface area (Å²) >= 11 is 0. The number of unbranched alkanes of at least 4 members (excludes halogenated alkanes) is 3. The number of sulfonamides is 1. The molecule has 0 fully saturated rings. The van der Waals surface area contributed by atoms with Gasteiger partial charge in [-0.3, -0.25) is 0 Å².